The maximum Gasteiger partial charge on any atom is 0.253 e. The van der Waals surface area contributed by atoms with Crippen molar-refractivity contribution < 1.29 is 4.79 Å². The van der Waals surface area contributed by atoms with Crippen molar-refractivity contribution in [1.82, 2.24) is 9.88 Å². The summed E-state index contributed by atoms with van der Waals surface area (Å²) < 4.78 is 0. The number of hydrogen-bond acceptors (Lipinski definition) is 2. The zero-order valence-electron chi connectivity index (χ0n) is 16.3. The second-order valence-corrected chi connectivity index (χ2v) is 7.68. The molecule has 28 heavy (non-hydrogen) atoms. The molecule has 142 valence electrons. The summed E-state index contributed by atoms with van der Waals surface area (Å²) in [5.74, 6) is 0.431. The van der Waals surface area contributed by atoms with Crippen molar-refractivity contribution >= 4 is 5.91 Å². The minimum absolute atomic E-state index is 0.126. The highest BCUT2D eigenvalue weighted by molar-refractivity contribution is 5.94. The number of hydrogen-bond donors (Lipinski definition) is 0. The highest BCUT2D eigenvalue weighted by Gasteiger charge is 2.26. The fourth-order valence-corrected chi connectivity index (χ4v) is 4.02. The number of nitrogens with zero attached hydrogens (tertiary/aromatic N) is 2. The lowest BCUT2D eigenvalue weighted by Crippen LogP contribution is -2.39. The minimum Gasteiger partial charge on any atom is -0.338 e. The zero-order chi connectivity index (χ0) is 19.3. The molecule has 0 aliphatic carbocycles. The summed E-state index contributed by atoms with van der Waals surface area (Å²) in [4.78, 5) is 19.8. The topological polar surface area (TPSA) is 33.2 Å². The summed E-state index contributed by atoms with van der Waals surface area (Å²) in [5, 5.41) is 0. The van der Waals surface area contributed by atoms with Crippen LogP contribution in [0.5, 0.6) is 0 Å². The average Bonchev–Trinajstić information content (AvgIpc) is 2.74. The molecule has 0 radical (unpaired) electrons. The Balaban J connectivity index is 1.48. The van der Waals surface area contributed by atoms with Crippen LogP contribution in [0, 0.1) is 6.92 Å². The maximum atomic E-state index is 12.8. The van der Waals surface area contributed by atoms with Crippen LogP contribution in [0.25, 0.3) is 0 Å². The molecular weight excluding hydrogens is 344 g/mol. The first-order valence-corrected chi connectivity index (χ1v) is 10.0. The summed E-state index contributed by atoms with van der Waals surface area (Å²) in [6.07, 6.45) is 2.95. The standard InChI is InChI=1S/C25H26N2O/c1-19-8-5-9-20(16-19)17-23-13-6-14-24(26-23)22-12-7-15-27(18-22)25(28)21-10-3-2-4-11-21/h2-6,8-11,13-14,16,22H,7,12,15,17-18H2,1H3/t22-/m1/s1. The van der Waals surface area contributed by atoms with Crippen molar-refractivity contribution in [2.45, 2.75) is 32.1 Å². The van der Waals surface area contributed by atoms with E-state index in [2.05, 4.69) is 49.4 Å². The largest absolute Gasteiger partial charge is 0.338 e. The van der Waals surface area contributed by atoms with E-state index in [0.717, 1.165) is 49.3 Å². The number of rotatable bonds is 4. The summed E-state index contributed by atoms with van der Waals surface area (Å²) >= 11 is 0. The SMILES string of the molecule is Cc1cccc(Cc2cccc([C@@H]3CCCN(C(=O)c4ccccc4)C3)n2)c1. The molecule has 4 rings (SSSR count). The van der Waals surface area contributed by atoms with Gasteiger partial charge in [0.1, 0.15) is 0 Å². The van der Waals surface area contributed by atoms with Gasteiger partial charge in [-0.3, -0.25) is 9.78 Å². The van der Waals surface area contributed by atoms with E-state index in [1.165, 1.54) is 11.1 Å². The molecule has 3 heteroatoms. The number of aryl methyl sites for hydroxylation is 1. The summed E-state index contributed by atoms with van der Waals surface area (Å²) in [6, 6.07) is 24.5. The van der Waals surface area contributed by atoms with E-state index in [9.17, 15) is 4.79 Å². The number of benzene rings is 2. The maximum absolute atomic E-state index is 12.8. The predicted molar refractivity (Wildman–Crippen MR) is 113 cm³/mol. The highest BCUT2D eigenvalue weighted by atomic mass is 16.2. The fraction of sp³-hybridized carbons (Fsp3) is 0.280. The number of pyridine rings is 1. The molecular formula is C25H26N2O. The van der Waals surface area contributed by atoms with E-state index in [1.54, 1.807) is 0 Å². The Morgan fingerprint density at radius 2 is 1.86 bits per heavy atom. The van der Waals surface area contributed by atoms with Gasteiger partial charge in [0.2, 0.25) is 0 Å². The van der Waals surface area contributed by atoms with Gasteiger partial charge in [-0.1, -0.05) is 54.1 Å². The lowest BCUT2D eigenvalue weighted by Gasteiger charge is -2.32. The molecule has 2 aromatic carbocycles. The van der Waals surface area contributed by atoms with Gasteiger partial charge in [-0.2, -0.15) is 0 Å². The van der Waals surface area contributed by atoms with Gasteiger partial charge in [-0.15, -0.1) is 0 Å². The van der Waals surface area contributed by atoms with E-state index in [0.29, 0.717) is 5.92 Å². The van der Waals surface area contributed by atoms with E-state index in [1.807, 2.05) is 35.2 Å². The van der Waals surface area contributed by atoms with Crippen molar-refractivity contribution in [3.05, 3.63) is 101 Å². The summed E-state index contributed by atoms with van der Waals surface area (Å²) in [5.41, 5.74) is 5.53. The first-order chi connectivity index (χ1) is 13.7. The lowest BCUT2D eigenvalue weighted by atomic mass is 9.93. The van der Waals surface area contributed by atoms with Crippen LogP contribution in [0.2, 0.25) is 0 Å². The summed E-state index contributed by atoms with van der Waals surface area (Å²) in [6.45, 7) is 3.69. The second kappa shape index (κ2) is 8.39. The molecule has 0 saturated carbocycles. The molecule has 0 N–H and O–H groups in total. The molecule has 3 aromatic rings. The third-order valence-electron chi connectivity index (χ3n) is 5.44. The van der Waals surface area contributed by atoms with Crippen LogP contribution >= 0.6 is 0 Å². The van der Waals surface area contributed by atoms with Crippen LogP contribution in [-0.4, -0.2) is 28.9 Å². The normalized spacial score (nSPS) is 16.8. The molecule has 0 unspecified atom stereocenters. The number of likely N-dealkylation sites (tertiary alicyclic amines) is 1. The lowest BCUT2D eigenvalue weighted by molar-refractivity contribution is 0.0706. The van der Waals surface area contributed by atoms with Gasteiger partial charge in [0.25, 0.3) is 5.91 Å². The van der Waals surface area contributed by atoms with Crippen molar-refractivity contribution in [2.75, 3.05) is 13.1 Å². The number of amides is 1. The molecule has 1 amide bonds. The van der Waals surface area contributed by atoms with E-state index < -0.39 is 0 Å². The summed E-state index contributed by atoms with van der Waals surface area (Å²) in [7, 11) is 0. The fourth-order valence-electron chi connectivity index (χ4n) is 4.02. The Kier molecular flexibility index (Phi) is 5.52. The molecule has 1 fully saturated rings. The van der Waals surface area contributed by atoms with Gasteiger partial charge in [0.15, 0.2) is 0 Å². The van der Waals surface area contributed by atoms with Crippen LogP contribution in [0.3, 0.4) is 0 Å². The van der Waals surface area contributed by atoms with E-state index in [4.69, 9.17) is 4.98 Å². The molecule has 1 aliphatic rings. The molecule has 3 nitrogen and oxygen atoms in total. The Bertz CT molecular complexity index is 952. The zero-order valence-corrected chi connectivity index (χ0v) is 16.3. The van der Waals surface area contributed by atoms with Gasteiger partial charge in [0.05, 0.1) is 0 Å². The molecule has 0 spiro atoms. The smallest absolute Gasteiger partial charge is 0.253 e. The van der Waals surface area contributed by atoms with E-state index in [-0.39, 0.29) is 5.91 Å². The first kappa shape index (κ1) is 18.4. The van der Waals surface area contributed by atoms with Gasteiger partial charge in [0, 0.05) is 42.4 Å². The van der Waals surface area contributed by atoms with Crippen molar-refractivity contribution in [1.29, 1.82) is 0 Å². The second-order valence-electron chi connectivity index (χ2n) is 7.68. The van der Waals surface area contributed by atoms with Gasteiger partial charge in [-0.05, 0) is 49.6 Å². The molecule has 1 atom stereocenters. The number of carbonyl (C=O) groups excluding carboxylic acids is 1. The Morgan fingerprint density at radius 1 is 1.04 bits per heavy atom. The van der Waals surface area contributed by atoms with Crippen LogP contribution < -0.4 is 0 Å². The molecule has 2 heterocycles. The van der Waals surface area contributed by atoms with E-state index >= 15 is 0 Å². The molecule has 1 aromatic heterocycles. The third-order valence-corrected chi connectivity index (χ3v) is 5.44. The van der Waals surface area contributed by atoms with Gasteiger partial charge >= 0.3 is 0 Å². The highest BCUT2D eigenvalue weighted by Crippen LogP contribution is 2.27. The van der Waals surface area contributed by atoms with Gasteiger partial charge in [-0.25, -0.2) is 0 Å². The van der Waals surface area contributed by atoms with Crippen LogP contribution in [0.15, 0.2) is 72.8 Å². The molecule has 0 bridgehead atoms. The minimum atomic E-state index is 0.126. The monoisotopic (exact) mass is 370 g/mol. The average molecular weight is 370 g/mol. The first-order valence-electron chi connectivity index (χ1n) is 10.0. The Morgan fingerprint density at radius 3 is 2.68 bits per heavy atom. The quantitative estimate of drug-likeness (QED) is 0.647. The number of piperidine rings is 1. The van der Waals surface area contributed by atoms with Crippen molar-refractivity contribution in [3.63, 3.8) is 0 Å². The predicted octanol–water partition coefficient (Wildman–Crippen LogP) is 5.00. The van der Waals surface area contributed by atoms with Crippen molar-refractivity contribution in [3.8, 4) is 0 Å². The van der Waals surface area contributed by atoms with Crippen LogP contribution in [-0.2, 0) is 6.42 Å². The van der Waals surface area contributed by atoms with Crippen LogP contribution in [0.4, 0.5) is 0 Å². The van der Waals surface area contributed by atoms with Crippen molar-refractivity contribution in [2.24, 2.45) is 0 Å². The number of carbonyl (C=O) groups is 1. The number of aromatic nitrogens is 1. The molecule has 1 aliphatic heterocycles. The van der Waals surface area contributed by atoms with Gasteiger partial charge < -0.3 is 4.90 Å². The molecule has 1 saturated heterocycles. The van der Waals surface area contributed by atoms with Crippen LogP contribution in [0.1, 0.15) is 51.6 Å². The Hall–Kier alpha value is -2.94. The third kappa shape index (κ3) is 4.30. The Labute approximate surface area is 167 Å².